The number of thiophene rings is 1. The van der Waals surface area contributed by atoms with Crippen molar-refractivity contribution in [3.05, 3.63) is 29.4 Å². The van der Waals surface area contributed by atoms with Gasteiger partial charge < -0.3 is 10.6 Å². The van der Waals surface area contributed by atoms with Crippen molar-refractivity contribution in [2.75, 3.05) is 24.2 Å². The van der Waals surface area contributed by atoms with Crippen LogP contribution < -0.4 is 10.6 Å². The molecule has 104 valence electrons. The first-order valence-corrected chi connectivity index (χ1v) is 7.29. The van der Waals surface area contributed by atoms with Crippen LogP contribution in [0.2, 0.25) is 0 Å². The minimum atomic E-state index is 0.639. The van der Waals surface area contributed by atoms with Gasteiger partial charge in [-0.3, -0.25) is 4.68 Å². The molecule has 0 saturated heterocycles. The zero-order valence-electron chi connectivity index (χ0n) is 11.4. The molecule has 0 amide bonds. The van der Waals surface area contributed by atoms with Crippen molar-refractivity contribution in [1.29, 1.82) is 0 Å². The zero-order valence-corrected chi connectivity index (χ0v) is 12.2. The molecule has 0 radical (unpaired) electrons. The van der Waals surface area contributed by atoms with Crippen LogP contribution in [0, 0.1) is 0 Å². The Kier molecular flexibility index (Phi) is 3.51. The lowest BCUT2D eigenvalue weighted by atomic mass is 10.3. The highest BCUT2D eigenvalue weighted by Crippen LogP contribution is 2.26. The number of nitrogens with zero attached hydrogens (tertiary/aromatic N) is 4. The SMILES string of the molecule is CNc1nc(NCCc2ccn(C)n2)c2ccsc2n1. The maximum Gasteiger partial charge on any atom is 0.225 e. The number of anilines is 2. The molecule has 0 saturated carbocycles. The summed E-state index contributed by atoms with van der Waals surface area (Å²) in [5.74, 6) is 1.51. The number of fused-ring (bicyclic) bond motifs is 1. The van der Waals surface area contributed by atoms with Crippen molar-refractivity contribution >= 4 is 33.3 Å². The Hall–Kier alpha value is -2.15. The second kappa shape index (κ2) is 5.46. The normalized spacial score (nSPS) is 10.9. The summed E-state index contributed by atoms with van der Waals surface area (Å²) < 4.78 is 1.82. The summed E-state index contributed by atoms with van der Waals surface area (Å²) >= 11 is 1.62. The molecule has 0 aromatic carbocycles. The van der Waals surface area contributed by atoms with Gasteiger partial charge in [-0.25, -0.2) is 4.98 Å². The third-order valence-electron chi connectivity index (χ3n) is 2.99. The molecule has 6 nitrogen and oxygen atoms in total. The Morgan fingerprint density at radius 1 is 1.30 bits per heavy atom. The van der Waals surface area contributed by atoms with Gasteiger partial charge in [-0.15, -0.1) is 11.3 Å². The molecule has 0 spiro atoms. The molecule has 0 unspecified atom stereocenters. The van der Waals surface area contributed by atoms with Gasteiger partial charge in [0.25, 0.3) is 0 Å². The van der Waals surface area contributed by atoms with Gasteiger partial charge in [0.2, 0.25) is 5.95 Å². The molecular formula is C13H16N6S. The molecule has 20 heavy (non-hydrogen) atoms. The second-order valence-corrected chi connectivity index (χ2v) is 5.34. The standard InChI is InChI=1S/C13H16N6S/c1-14-13-16-11(10-5-8-20-12(10)17-13)15-6-3-9-4-7-19(2)18-9/h4-5,7-8H,3,6H2,1-2H3,(H2,14,15,16,17). The minimum absolute atomic E-state index is 0.639. The predicted octanol–water partition coefficient (Wildman–Crippen LogP) is 2.12. The van der Waals surface area contributed by atoms with Crippen LogP contribution in [0.15, 0.2) is 23.7 Å². The topological polar surface area (TPSA) is 67.7 Å². The Balaban J connectivity index is 1.74. The lowest BCUT2D eigenvalue weighted by molar-refractivity contribution is 0.742. The largest absolute Gasteiger partial charge is 0.369 e. The fourth-order valence-electron chi connectivity index (χ4n) is 2.01. The Bertz CT molecular complexity index is 717. The second-order valence-electron chi connectivity index (χ2n) is 4.44. The van der Waals surface area contributed by atoms with E-state index in [1.807, 2.05) is 42.5 Å². The molecule has 0 atom stereocenters. The molecule has 7 heteroatoms. The Morgan fingerprint density at radius 3 is 2.95 bits per heavy atom. The van der Waals surface area contributed by atoms with Crippen LogP contribution in [-0.2, 0) is 13.5 Å². The number of aromatic nitrogens is 4. The van der Waals surface area contributed by atoms with Gasteiger partial charge >= 0.3 is 0 Å². The molecule has 0 aliphatic heterocycles. The Morgan fingerprint density at radius 2 is 2.20 bits per heavy atom. The molecule has 3 rings (SSSR count). The highest BCUT2D eigenvalue weighted by molar-refractivity contribution is 7.16. The van der Waals surface area contributed by atoms with Gasteiger partial charge in [-0.05, 0) is 17.5 Å². The van der Waals surface area contributed by atoms with E-state index in [0.717, 1.165) is 34.7 Å². The van der Waals surface area contributed by atoms with E-state index in [-0.39, 0.29) is 0 Å². The van der Waals surface area contributed by atoms with Crippen molar-refractivity contribution < 1.29 is 0 Å². The molecule has 0 bridgehead atoms. The predicted molar refractivity (Wildman–Crippen MR) is 82.4 cm³/mol. The fraction of sp³-hybridized carbons (Fsp3) is 0.308. The van der Waals surface area contributed by atoms with E-state index in [1.165, 1.54) is 0 Å². The zero-order chi connectivity index (χ0) is 13.9. The summed E-state index contributed by atoms with van der Waals surface area (Å²) in [6.45, 7) is 0.794. The summed E-state index contributed by atoms with van der Waals surface area (Å²) in [7, 11) is 3.75. The number of hydrogen-bond donors (Lipinski definition) is 2. The van der Waals surface area contributed by atoms with Crippen LogP contribution in [0.4, 0.5) is 11.8 Å². The van der Waals surface area contributed by atoms with E-state index in [0.29, 0.717) is 5.95 Å². The van der Waals surface area contributed by atoms with Crippen molar-refractivity contribution in [2.24, 2.45) is 7.05 Å². The molecule has 3 aromatic rings. The van der Waals surface area contributed by atoms with Crippen LogP contribution in [0.25, 0.3) is 10.2 Å². The average Bonchev–Trinajstić information content (AvgIpc) is 3.07. The third kappa shape index (κ3) is 2.57. The number of aryl methyl sites for hydroxylation is 1. The minimum Gasteiger partial charge on any atom is -0.369 e. The number of rotatable bonds is 5. The van der Waals surface area contributed by atoms with E-state index in [4.69, 9.17) is 0 Å². The molecule has 0 aliphatic rings. The summed E-state index contributed by atoms with van der Waals surface area (Å²) in [5, 5.41) is 13.8. The summed E-state index contributed by atoms with van der Waals surface area (Å²) in [4.78, 5) is 9.89. The molecule has 2 N–H and O–H groups in total. The lowest BCUT2D eigenvalue weighted by Gasteiger charge is -2.07. The highest BCUT2D eigenvalue weighted by atomic mass is 32.1. The van der Waals surface area contributed by atoms with Gasteiger partial charge in [0.1, 0.15) is 10.6 Å². The first kappa shape index (κ1) is 12.9. The first-order chi connectivity index (χ1) is 9.76. The average molecular weight is 288 g/mol. The third-order valence-corrected chi connectivity index (χ3v) is 3.80. The van der Waals surface area contributed by atoms with E-state index in [9.17, 15) is 0 Å². The Labute approximate surface area is 120 Å². The van der Waals surface area contributed by atoms with E-state index < -0.39 is 0 Å². The number of nitrogens with one attached hydrogen (secondary N) is 2. The smallest absolute Gasteiger partial charge is 0.225 e. The van der Waals surface area contributed by atoms with Crippen molar-refractivity contribution in [3.63, 3.8) is 0 Å². The summed E-state index contributed by atoms with van der Waals surface area (Å²) in [6.07, 6.45) is 2.82. The van der Waals surface area contributed by atoms with Crippen LogP contribution in [-0.4, -0.2) is 33.3 Å². The van der Waals surface area contributed by atoms with Gasteiger partial charge in [0.15, 0.2) is 0 Å². The van der Waals surface area contributed by atoms with Crippen LogP contribution in [0.5, 0.6) is 0 Å². The van der Waals surface area contributed by atoms with Crippen LogP contribution in [0.1, 0.15) is 5.69 Å². The molecule has 3 heterocycles. The summed E-state index contributed by atoms with van der Waals surface area (Å²) in [6, 6.07) is 4.07. The molecule has 3 aromatic heterocycles. The van der Waals surface area contributed by atoms with Crippen LogP contribution >= 0.6 is 11.3 Å². The number of hydrogen-bond acceptors (Lipinski definition) is 6. The lowest BCUT2D eigenvalue weighted by Crippen LogP contribution is -2.09. The van der Waals surface area contributed by atoms with Crippen molar-refractivity contribution in [2.45, 2.75) is 6.42 Å². The molecule has 0 aliphatic carbocycles. The van der Waals surface area contributed by atoms with Crippen molar-refractivity contribution in [3.8, 4) is 0 Å². The maximum atomic E-state index is 4.48. The van der Waals surface area contributed by atoms with Crippen LogP contribution in [0.3, 0.4) is 0 Å². The van der Waals surface area contributed by atoms with E-state index >= 15 is 0 Å². The highest BCUT2D eigenvalue weighted by Gasteiger charge is 2.08. The quantitative estimate of drug-likeness (QED) is 0.752. The monoisotopic (exact) mass is 288 g/mol. The van der Waals surface area contributed by atoms with Crippen molar-refractivity contribution in [1.82, 2.24) is 19.7 Å². The summed E-state index contributed by atoms with van der Waals surface area (Å²) in [5.41, 5.74) is 1.07. The fourth-order valence-corrected chi connectivity index (χ4v) is 2.77. The van der Waals surface area contributed by atoms with E-state index in [1.54, 1.807) is 11.3 Å². The van der Waals surface area contributed by atoms with Gasteiger partial charge in [-0.2, -0.15) is 10.1 Å². The van der Waals surface area contributed by atoms with Gasteiger partial charge in [0.05, 0.1) is 11.1 Å². The first-order valence-electron chi connectivity index (χ1n) is 6.41. The van der Waals surface area contributed by atoms with Gasteiger partial charge in [0, 0.05) is 33.3 Å². The van der Waals surface area contributed by atoms with E-state index in [2.05, 4.69) is 25.7 Å². The molecular weight excluding hydrogens is 272 g/mol. The maximum absolute atomic E-state index is 4.48. The van der Waals surface area contributed by atoms with Gasteiger partial charge in [-0.1, -0.05) is 0 Å². The molecule has 0 fully saturated rings.